The van der Waals surface area contributed by atoms with Gasteiger partial charge in [0.25, 0.3) is 11.6 Å². The van der Waals surface area contributed by atoms with Crippen LogP contribution in [0.5, 0.6) is 0 Å². The number of benzene rings is 1. The van der Waals surface area contributed by atoms with Gasteiger partial charge in [-0.05, 0) is 26.3 Å². The second-order valence-electron chi connectivity index (χ2n) is 5.94. The molecular weight excluding hydrogens is 289 g/mol. The number of aliphatic hydroxyl groups excluding tert-OH is 1. The van der Waals surface area contributed by atoms with E-state index in [9.17, 15) is 14.0 Å². The van der Waals surface area contributed by atoms with Gasteiger partial charge >= 0.3 is 5.97 Å². The Morgan fingerprint density at radius 1 is 1.23 bits per heavy atom. The molecule has 0 saturated heterocycles. The summed E-state index contributed by atoms with van der Waals surface area (Å²) in [5, 5.41) is 11.3. The maximum absolute atomic E-state index is 14.8. The summed E-state index contributed by atoms with van der Waals surface area (Å²) in [5.74, 6) is -2.40. The monoisotopic (exact) mass is 311 g/mol. The first kappa shape index (κ1) is 18.1. The summed E-state index contributed by atoms with van der Waals surface area (Å²) in [4.78, 5) is 24.0. The molecule has 1 unspecified atom stereocenters. The molecule has 0 saturated carbocycles. The fourth-order valence-electron chi connectivity index (χ4n) is 1.74. The van der Waals surface area contributed by atoms with Crippen LogP contribution in [0, 0.1) is 0 Å². The largest absolute Gasteiger partial charge is 0.457 e. The molecule has 0 bridgehead atoms. The minimum absolute atomic E-state index is 0.0829. The summed E-state index contributed by atoms with van der Waals surface area (Å²) < 4.78 is 19.7. The number of alkyl halides is 1. The molecule has 122 valence electrons. The molecule has 6 heteroatoms. The van der Waals surface area contributed by atoms with E-state index in [1.165, 1.54) is 0 Å². The van der Waals surface area contributed by atoms with Crippen molar-refractivity contribution >= 4 is 11.9 Å². The quantitative estimate of drug-likeness (QED) is 0.620. The van der Waals surface area contributed by atoms with E-state index in [1.807, 2.05) is 6.07 Å². The predicted molar refractivity (Wildman–Crippen MR) is 79.7 cm³/mol. The predicted octanol–water partition coefficient (Wildman–Crippen LogP) is 1.74. The van der Waals surface area contributed by atoms with Crippen LogP contribution in [0.1, 0.15) is 32.8 Å². The van der Waals surface area contributed by atoms with Gasteiger partial charge in [0.15, 0.2) is 0 Å². The van der Waals surface area contributed by atoms with E-state index in [4.69, 9.17) is 9.84 Å². The molecule has 0 aliphatic rings. The molecule has 0 aliphatic carbocycles. The van der Waals surface area contributed by atoms with Crippen LogP contribution in [0.2, 0.25) is 0 Å². The van der Waals surface area contributed by atoms with Crippen LogP contribution in [-0.4, -0.2) is 34.9 Å². The summed E-state index contributed by atoms with van der Waals surface area (Å²) in [7, 11) is 0. The Bertz CT molecular complexity index is 513. The van der Waals surface area contributed by atoms with Crippen molar-refractivity contribution in [1.82, 2.24) is 5.32 Å². The highest BCUT2D eigenvalue weighted by Gasteiger charge is 2.48. The lowest BCUT2D eigenvalue weighted by molar-refractivity contribution is -0.174. The Morgan fingerprint density at radius 3 is 2.32 bits per heavy atom. The van der Waals surface area contributed by atoms with Crippen molar-refractivity contribution < 1.29 is 23.8 Å². The van der Waals surface area contributed by atoms with Crippen molar-refractivity contribution in [3.63, 3.8) is 0 Å². The fraction of sp³-hybridized carbons (Fsp3) is 0.500. The normalized spacial score (nSPS) is 14.0. The molecule has 0 radical (unpaired) electrons. The molecule has 1 amide bonds. The van der Waals surface area contributed by atoms with Crippen LogP contribution < -0.4 is 5.32 Å². The van der Waals surface area contributed by atoms with E-state index in [2.05, 4.69) is 5.32 Å². The third-order valence-corrected chi connectivity index (χ3v) is 2.83. The van der Waals surface area contributed by atoms with Crippen LogP contribution in [0.4, 0.5) is 4.39 Å². The number of carbonyl (C=O) groups is 2. The Hall–Kier alpha value is -1.95. The van der Waals surface area contributed by atoms with Gasteiger partial charge in [0, 0.05) is 19.6 Å². The molecule has 22 heavy (non-hydrogen) atoms. The van der Waals surface area contributed by atoms with E-state index < -0.39 is 36.2 Å². The van der Waals surface area contributed by atoms with E-state index in [1.54, 1.807) is 45.0 Å². The Balaban J connectivity index is 2.79. The minimum atomic E-state index is -2.91. The number of halogens is 1. The van der Waals surface area contributed by atoms with Crippen molar-refractivity contribution in [1.29, 1.82) is 0 Å². The lowest BCUT2D eigenvalue weighted by atomic mass is 10.0. The molecule has 0 heterocycles. The summed E-state index contributed by atoms with van der Waals surface area (Å²) in [6.45, 7) is 4.17. The smallest absolute Gasteiger partial charge is 0.354 e. The molecular formula is C16H22FNO4. The summed E-state index contributed by atoms with van der Waals surface area (Å²) in [6, 6.07) is 8.91. The SMILES string of the molecule is CC(C)(C)OC(=O)C(F)(CCO)C(=O)NCc1ccccc1. The second kappa shape index (κ2) is 7.35. The fourth-order valence-corrected chi connectivity index (χ4v) is 1.74. The lowest BCUT2D eigenvalue weighted by Crippen LogP contribution is -2.52. The average molecular weight is 311 g/mol. The van der Waals surface area contributed by atoms with Gasteiger partial charge in [-0.25, -0.2) is 9.18 Å². The van der Waals surface area contributed by atoms with E-state index >= 15 is 0 Å². The van der Waals surface area contributed by atoms with Crippen molar-refractivity contribution in [3.05, 3.63) is 35.9 Å². The van der Waals surface area contributed by atoms with Gasteiger partial charge in [0.05, 0.1) is 0 Å². The number of amides is 1. The van der Waals surface area contributed by atoms with Gasteiger partial charge in [-0.3, -0.25) is 4.79 Å². The zero-order valence-corrected chi connectivity index (χ0v) is 13.1. The number of rotatable bonds is 6. The Kier molecular flexibility index (Phi) is 6.05. The molecule has 0 aromatic heterocycles. The van der Waals surface area contributed by atoms with Crippen molar-refractivity contribution in [2.75, 3.05) is 6.61 Å². The zero-order chi connectivity index (χ0) is 16.8. The lowest BCUT2D eigenvalue weighted by Gasteiger charge is -2.27. The van der Waals surface area contributed by atoms with Crippen molar-refractivity contribution in [2.24, 2.45) is 0 Å². The van der Waals surface area contributed by atoms with E-state index in [-0.39, 0.29) is 6.54 Å². The highest BCUT2D eigenvalue weighted by atomic mass is 19.1. The molecule has 1 atom stereocenters. The number of ether oxygens (including phenoxy) is 1. The second-order valence-corrected chi connectivity index (χ2v) is 5.94. The number of aliphatic hydroxyl groups is 1. The van der Waals surface area contributed by atoms with Crippen LogP contribution in [-0.2, 0) is 20.9 Å². The molecule has 1 rings (SSSR count). The zero-order valence-electron chi connectivity index (χ0n) is 13.1. The average Bonchev–Trinajstić information content (AvgIpc) is 2.44. The van der Waals surface area contributed by atoms with Crippen molar-refractivity contribution in [2.45, 2.75) is 45.0 Å². The van der Waals surface area contributed by atoms with Crippen LogP contribution in [0.25, 0.3) is 0 Å². The molecule has 5 nitrogen and oxygen atoms in total. The maximum atomic E-state index is 14.8. The van der Waals surface area contributed by atoms with Crippen LogP contribution >= 0.6 is 0 Å². The van der Waals surface area contributed by atoms with Gasteiger partial charge in [-0.15, -0.1) is 0 Å². The van der Waals surface area contributed by atoms with Crippen LogP contribution in [0.15, 0.2) is 30.3 Å². The maximum Gasteiger partial charge on any atom is 0.354 e. The first-order valence-corrected chi connectivity index (χ1v) is 7.04. The Labute approximate surface area is 129 Å². The molecule has 1 aromatic carbocycles. The highest BCUT2D eigenvalue weighted by Crippen LogP contribution is 2.22. The first-order chi connectivity index (χ1) is 10.2. The van der Waals surface area contributed by atoms with Crippen molar-refractivity contribution in [3.8, 4) is 0 Å². The van der Waals surface area contributed by atoms with E-state index in [0.717, 1.165) is 5.56 Å². The van der Waals surface area contributed by atoms with Gasteiger partial charge in [0.1, 0.15) is 5.60 Å². The molecule has 0 aliphatic heterocycles. The van der Waals surface area contributed by atoms with Crippen LogP contribution in [0.3, 0.4) is 0 Å². The highest BCUT2D eigenvalue weighted by molar-refractivity contribution is 6.06. The molecule has 0 spiro atoms. The summed E-state index contributed by atoms with van der Waals surface area (Å²) in [5.41, 5.74) is -3.06. The number of nitrogens with one attached hydrogen (secondary N) is 1. The number of carbonyl (C=O) groups excluding carboxylic acids is 2. The van der Waals surface area contributed by atoms with Gasteiger partial charge in [-0.1, -0.05) is 30.3 Å². The summed E-state index contributed by atoms with van der Waals surface area (Å²) in [6.07, 6.45) is -0.650. The topological polar surface area (TPSA) is 75.6 Å². The Morgan fingerprint density at radius 2 is 1.82 bits per heavy atom. The molecule has 0 fully saturated rings. The van der Waals surface area contributed by atoms with Gasteiger partial charge in [0.2, 0.25) is 0 Å². The molecule has 1 aromatic rings. The first-order valence-electron chi connectivity index (χ1n) is 7.04. The number of hydrogen-bond donors (Lipinski definition) is 2. The minimum Gasteiger partial charge on any atom is -0.457 e. The standard InChI is InChI=1S/C16H22FNO4/c1-15(2,3)22-14(21)16(17,9-10-19)13(20)18-11-12-7-5-4-6-8-12/h4-8,19H,9-11H2,1-3H3,(H,18,20). The van der Waals surface area contributed by atoms with E-state index in [0.29, 0.717) is 0 Å². The third-order valence-electron chi connectivity index (χ3n) is 2.83. The number of esters is 1. The molecule has 2 N–H and O–H groups in total. The van der Waals surface area contributed by atoms with Gasteiger partial charge in [-0.2, -0.15) is 0 Å². The van der Waals surface area contributed by atoms with Gasteiger partial charge < -0.3 is 15.2 Å². The number of hydrogen-bond acceptors (Lipinski definition) is 4. The third kappa shape index (κ3) is 5.11. The summed E-state index contributed by atoms with van der Waals surface area (Å²) >= 11 is 0.